The molecule has 1 fully saturated rings. The highest BCUT2D eigenvalue weighted by atomic mass is 19.1. The van der Waals surface area contributed by atoms with E-state index in [4.69, 9.17) is 4.52 Å². The van der Waals surface area contributed by atoms with Gasteiger partial charge >= 0.3 is 0 Å². The molecule has 2 aromatic rings. The third-order valence-electron chi connectivity index (χ3n) is 4.21. The zero-order valence-electron chi connectivity index (χ0n) is 12.1. The Labute approximate surface area is 123 Å². The smallest absolute Gasteiger partial charge is 0.229 e. The van der Waals surface area contributed by atoms with Gasteiger partial charge in [0.15, 0.2) is 0 Å². The van der Waals surface area contributed by atoms with Crippen LogP contribution < -0.4 is 0 Å². The molecule has 1 aliphatic carbocycles. The third-order valence-corrected chi connectivity index (χ3v) is 4.21. The quantitative estimate of drug-likeness (QED) is 0.938. The van der Waals surface area contributed by atoms with Crippen molar-refractivity contribution < 1.29 is 14.0 Å². The Bertz CT molecular complexity index is 620. The molecule has 5 heteroatoms. The van der Waals surface area contributed by atoms with Gasteiger partial charge in [0, 0.05) is 5.56 Å². The number of halogens is 1. The lowest BCUT2D eigenvalue weighted by molar-refractivity contribution is 0.102. The van der Waals surface area contributed by atoms with Gasteiger partial charge in [-0.3, -0.25) is 0 Å². The van der Waals surface area contributed by atoms with Gasteiger partial charge in [-0.25, -0.2) is 4.39 Å². The molecule has 112 valence electrons. The molecule has 0 bridgehead atoms. The van der Waals surface area contributed by atoms with Crippen LogP contribution in [0.25, 0.3) is 11.4 Å². The Kier molecular flexibility index (Phi) is 4.01. The Balaban J connectivity index is 1.72. The molecular formula is C16H19FN2O2. The van der Waals surface area contributed by atoms with Gasteiger partial charge in [0.2, 0.25) is 11.7 Å². The summed E-state index contributed by atoms with van der Waals surface area (Å²) in [5, 5.41) is 14.1. The lowest BCUT2D eigenvalue weighted by Gasteiger charge is -2.14. The second kappa shape index (κ2) is 5.93. The minimum atomic E-state index is -0.421. The van der Waals surface area contributed by atoms with Crippen molar-refractivity contribution in [2.75, 3.05) is 0 Å². The fourth-order valence-electron chi connectivity index (χ4n) is 2.93. The summed E-state index contributed by atoms with van der Waals surface area (Å²) in [5.74, 6) is 0.964. The molecule has 0 spiro atoms. The molecule has 0 radical (unpaired) electrons. The minimum Gasteiger partial charge on any atom is -0.392 e. The number of aryl methyl sites for hydroxylation is 1. The van der Waals surface area contributed by atoms with Crippen molar-refractivity contribution in [1.29, 1.82) is 0 Å². The van der Waals surface area contributed by atoms with Gasteiger partial charge in [0.1, 0.15) is 5.82 Å². The van der Waals surface area contributed by atoms with E-state index in [1.165, 1.54) is 18.9 Å². The number of nitrogens with zero attached hydrogens (tertiary/aromatic N) is 2. The maximum atomic E-state index is 13.3. The van der Waals surface area contributed by atoms with Crippen LogP contribution >= 0.6 is 0 Å². The average molecular weight is 290 g/mol. The monoisotopic (exact) mass is 290 g/mol. The van der Waals surface area contributed by atoms with Crippen LogP contribution in [0.5, 0.6) is 0 Å². The largest absolute Gasteiger partial charge is 0.392 e. The summed E-state index contributed by atoms with van der Waals surface area (Å²) in [4.78, 5) is 4.30. The van der Waals surface area contributed by atoms with E-state index in [2.05, 4.69) is 10.1 Å². The molecule has 1 aliphatic rings. The molecule has 21 heavy (non-hydrogen) atoms. The summed E-state index contributed by atoms with van der Waals surface area (Å²) in [6, 6.07) is 4.72. The molecule has 1 N–H and O–H groups in total. The molecule has 1 aromatic heterocycles. The van der Waals surface area contributed by atoms with Crippen LogP contribution in [0.1, 0.15) is 37.1 Å². The summed E-state index contributed by atoms with van der Waals surface area (Å²) in [5.41, 5.74) is 1.27. The van der Waals surface area contributed by atoms with Gasteiger partial charge in [0.05, 0.1) is 12.5 Å². The van der Waals surface area contributed by atoms with Gasteiger partial charge < -0.3 is 9.63 Å². The van der Waals surface area contributed by atoms with E-state index in [1.807, 2.05) is 0 Å². The van der Waals surface area contributed by atoms with Gasteiger partial charge in [-0.1, -0.05) is 18.0 Å². The van der Waals surface area contributed by atoms with Crippen LogP contribution in [-0.4, -0.2) is 21.4 Å². The lowest BCUT2D eigenvalue weighted by atomic mass is 9.98. The highest BCUT2D eigenvalue weighted by Crippen LogP contribution is 2.29. The van der Waals surface area contributed by atoms with E-state index in [0.717, 1.165) is 18.4 Å². The normalized spacial score (nSPS) is 17.3. The van der Waals surface area contributed by atoms with Gasteiger partial charge in [-0.15, -0.1) is 0 Å². The topological polar surface area (TPSA) is 59.2 Å². The summed E-state index contributed by atoms with van der Waals surface area (Å²) in [6.07, 6.45) is 4.48. The zero-order valence-corrected chi connectivity index (χ0v) is 12.1. The maximum absolute atomic E-state index is 13.3. The molecule has 1 atom stereocenters. The molecule has 1 unspecified atom stereocenters. The molecule has 0 amide bonds. The average Bonchev–Trinajstić information content (AvgIpc) is 3.12. The van der Waals surface area contributed by atoms with Crippen molar-refractivity contribution >= 4 is 0 Å². The molecule has 1 saturated carbocycles. The molecule has 0 aliphatic heterocycles. The summed E-state index contributed by atoms with van der Waals surface area (Å²) >= 11 is 0. The number of aliphatic hydroxyl groups excluding tert-OH is 1. The van der Waals surface area contributed by atoms with Crippen molar-refractivity contribution in [3.8, 4) is 11.4 Å². The number of hydrogen-bond acceptors (Lipinski definition) is 4. The Hall–Kier alpha value is -1.75. The fraction of sp³-hybridized carbons (Fsp3) is 0.500. The Morgan fingerprint density at radius 1 is 1.38 bits per heavy atom. The Morgan fingerprint density at radius 2 is 2.14 bits per heavy atom. The van der Waals surface area contributed by atoms with Crippen molar-refractivity contribution in [2.24, 2.45) is 5.92 Å². The maximum Gasteiger partial charge on any atom is 0.229 e. The molecule has 1 heterocycles. The lowest BCUT2D eigenvalue weighted by Crippen LogP contribution is -2.20. The first-order valence-corrected chi connectivity index (χ1v) is 7.40. The van der Waals surface area contributed by atoms with Gasteiger partial charge in [-0.05, 0) is 49.4 Å². The molecule has 1 aromatic carbocycles. The second-order valence-corrected chi connectivity index (χ2v) is 5.79. The van der Waals surface area contributed by atoms with Crippen LogP contribution in [0.2, 0.25) is 0 Å². The highest BCUT2D eigenvalue weighted by Gasteiger charge is 2.25. The van der Waals surface area contributed by atoms with Gasteiger partial charge in [-0.2, -0.15) is 4.98 Å². The van der Waals surface area contributed by atoms with Crippen LogP contribution in [0.4, 0.5) is 4.39 Å². The standard InChI is InChI=1S/C16H19FN2O2/c1-10-8-12(6-7-13(10)17)16-18-15(21-19-16)9-14(20)11-4-2-3-5-11/h6-8,11,14,20H,2-5,9H2,1H3. The fourth-order valence-corrected chi connectivity index (χ4v) is 2.93. The first-order chi connectivity index (χ1) is 10.1. The van der Waals surface area contributed by atoms with Crippen LogP contribution in [0.3, 0.4) is 0 Å². The van der Waals surface area contributed by atoms with E-state index in [0.29, 0.717) is 29.6 Å². The van der Waals surface area contributed by atoms with E-state index >= 15 is 0 Å². The van der Waals surface area contributed by atoms with Crippen molar-refractivity contribution in [3.63, 3.8) is 0 Å². The molecule has 4 nitrogen and oxygen atoms in total. The van der Waals surface area contributed by atoms with Crippen molar-refractivity contribution in [2.45, 2.75) is 45.1 Å². The first-order valence-electron chi connectivity index (χ1n) is 7.40. The van der Waals surface area contributed by atoms with Crippen LogP contribution in [0, 0.1) is 18.7 Å². The number of aromatic nitrogens is 2. The van der Waals surface area contributed by atoms with E-state index in [1.54, 1.807) is 19.1 Å². The zero-order chi connectivity index (χ0) is 14.8. The van der Waals surface area contributed by atoms with Crippen molar-refractivity contribution in [3.05, 3.63) is 35.5 Å². The van der Waals surface area contributed by atoms with E-state index < -0.39 is 6.10 Å². The predicted octanol–water partition coefficient (Wildman–Crippen LogP) is 3.28. The third kappa shape index (κ3) is 3.13. The highest BCUT2D eigenvalue weighted by molar-refractivity contribution is 5.55. The predicted molar refractivity (Wildman–Crippen MR) is 76.1 cm³/mol. The van der Waals surface area contributed by atoms with E-state index in [9.17, 15) is 9.50 Å². The van der Waals surface area contributed by atoms with Crippen molar-refractivity contribution in [1.82, 2.24) is 10.1 Å². The summed E-state index contributed by atoms with van der Waals surface area (Å²) < 4.78 is 18.5. The van der Waals surface area contributed by atoms with Crippen LogP contribution in [0.15, 0.2) is 22.7 Å². The number of rotatable bonds is 4. The molecule has 0 saturated heterocycles. The van der Waals surface area contributed by atoms with E-state index in [-0.39, 0.29) is 5.82 Å². The number of aliphatic hydroxyl groups is 1. The number of hydrogen-bond donors (Lipinski definition) is 1. The first kappa shape index (κ1) is 14.2. The molecular weight excluding hydrogens is 271 g/mol. The summed E-state index contributed by atoms with van der Waals surface area (Å²) in [6.45, 7) is 1.70. The summed E-state index contributed by atoms with van der Waals surface area (Å²) in [7, 11) is 0. The molecule has 3 rings (SSSR count). The minimum absolute atomic E-state index is 0.251. The van der Waals surface area contributed by atoms with Gasteiger partial charge in [0.25, 0.3) is 0 Å². The second-order valence-electron chi connectivity index (χ2n) is 5.79. The Morgan fingerprint density at radius 3 is 2.86 bits per heavy atom. The van der Waals surface area contributed by atoms with Crippen LogP contribution in [-0.2, 0) is 6.42 Å². The number of benzene rings is 1. The SMILES string of the molecule is Cc1cc(-c2noc(CC(O)C3CCCC3)n2)ccc1F.